The molecule has 0 amide bonds. The molecule has 0 aliphatic rings. The Morgan fingerprint density at radius 2 is 2.12 bits per heavy atom. The van der Waals surface area contributed by atoms with Gasteiger partial charge in [0, 0.05) is 6.26 Å². The minimum absolute atomic E-state index is 0.0299. The molecule has 1 unspecified atom stereocenters. The molecule has 0 aromatic heterocycles. The molecular formula is C11H15BrO4S. The van der Waals surface area contributed by atoms with E-state index < -0.39 is 15.9 Å². The Labute approximate surface area is 110 Å². The van der Waals surface area contributed by atoms with E-state index in [4.69, 9.17) is 4.74 Å². The minimum atomic E-state index is -3.05. The highest BCUT2D eigenvalue weighted by molar-refractivity contribution is 9.10. The first-order valence-corrected chi connectivity index (χ1v) is 7.88. The number of benzene rings is 1. The summed E-state index contributed by atoms with van der Waals surface area (Å²) in [4.78, 5) is 0. The standard InChI is InChI=1S/C11H15BrO4S/c1-16-11-4-3-8(7-9(11)12)10(13)5-6-17(2,14)15/h3-4,7,10,13H,5-6H2,1-2H3. The Bertz CT molecular complexity index is 484. The van der Waals surface area contributed by atoms with Crippen molar-refractivity contribution in [3.63, 3.8) is 0 Å². The number of aliphatic hydroxyl groups is 1. The van der Waals surface area contributed by atoms with Crippen LogP contribution in [0.25, 0.3) is 0 Å². The lowest BCUT2D eigenvalue weighted by Gasteiger charge is -2.12. The number of sulfone groups is 1. The van der Waals surface area contributed by atoms with Gasteiger partial charge in [0.2, 0.25) is 0 Å². The van der Waals surface area contributed by atoms with Crippen LogP contribution in [0.2, 0.25) is 0 Å². The van der Waals surface area contributed by atoms with Crippen molar-refractivity contribution in [2.24, 2.45) is 0 Å². The molecule has 0 aliphatic carbocycles. The summed E-state index contributed by atoms with van der Waals surface area (Å²) in [6.45, 7) is 0. The van der Waals surface area contributed by atoms with Crippen LogP contribution >= 0.6 is 15.9 Å². The lowest BCUT2D eigenvalue weighted by atomic mass is 10.1. The molecule has 1 rings (SSSR count). The number of hydrogen-bond donors (Lipinski definition) is 1. The smallest absolute Gasteiger partial charge is 0.147 e. The van der Waals surface area contributed by atoms with E-state index in [1.54, 1.807) is 25.3 Å². The second-order valence-electron chi connectivity index (χ2n) is 3.83. The van der Waals surface area contributed by atoms with Crippen molar-refractivity contribution in [3.8, 4) is 5.75 Å². The zero-order valence-corrected chi connectivity index (χ0v) is 12.1. The van der Waals surface area contributed by atoms with Crippen molar-refractivity contribution in [2.45, 2.75) is 12.5 Å². The van der Waals surface area contributed by atoms with Gasteiger partial charge in [0.25, 0.3) is 0 Å². The lowest BCUT2D eigenvalue weighted by Crippen LogP contribution is -2.08. The first-order chi connectivity index (χ1) is 7.83. The Balaban J connectivity index is 2.76. The molecule has 1 atom stereocenters. The van der Waals surface area contributed by atoms with Gasteiger partial charge in [-0.15, -0.1) is 0 Å². The molecule has 0 saturated heterocycles. The van der Waals surface area contributed by atoms with Crippen LogP contribution in [0.5, 0.6) is 5.75 Å². The first kappa shape index (κ1) is 14.5. The summed E-state index contributed by atoms with van der Waals surface area (Å²) in [6, 6.07) is 5.17. The van der Waals surface area contributed by atoms with Crippen LogP contribution in [0.15, 0.2) is 22.7 Å². The second-order valence-corrected chi connectivity index (χ2v) is 6.94. The molecule has 0 fully saturated rings. The monoisotopic (exact) mass is 322 g/mol. The summed E-state index contributed by atoms with van der Waals surface area (Å²) < 4.78 is 27.8. The molecular weight excluding hydrogens is 308 g/mol. The molecule has 1 aromatic carbocycles. The Morgan fingerprint density at radius 3 is 2.59 bits per heavy atom. The lowest BCUT2D eigenvalue weighted by molar-refractivity contribution is 0.174. The highest BCUT2D eigenvalue weighted by Crippen LogP contribution is 2.29. The van der Waals surface area contributed by atoms with E-state index in [1.807, 2.05) is 0 Å². The van der Waals surface area contributed by atoms with Crippen LogP contribution in [0.1, 0.15) is 18.1 Å². The first-order valence-electron chi connectivity index (χ1n) is 5.02. The zero-order valence-electron chi connectivity index (χ0n) is 9.68. The summed E-state index contributed by atoms with van der Waals surface area (Å²) >= 11 is 3.31. The SMILES string of the molecule is COc1ccc(C(O)CCS(C)(=O)=O)cc1Br. The summed E-state index contributed by atoms with van der Waals surface area (Å²) in [5, 5.41) is 9.85. The van der Waals surface area contributed by atoms with Crippen molar-refractivity contribution in [1.82, 2.24) is 0 Å². The molecule has 0 saturated carbocycles. The fourth-order valence-electron chi connectivity index (χ4n) is 1.38. The molecule has 0 spiro atoms. The van der Waals surface area contributed by atoms with E-state index in [1.165, 1.54) is 0 Å². The van der Waals surface area contributed by atoms with Gasteiger partial charge >= 0.3 is 0 Å². The van der Waals surface area contributed by atoms with Gasteiger partial charge in [-0.05, 0) is 40.0 Å². The third kappa shape index (κ3) is 4.65. The molecule has 0 heterocycles. The molecule has 6 heteroatoms. The van der Waals surface area contributed by atoms with Crippen LogP contribution in [0.4, 0.5) is 0 Å². The fraction of sp³-hybridized carbons (Fsp3) is 0.455. The number of rotatable bonds is 5. The van der Waals surface area contributed by atoms with E-state index in [9.17, 15) is 13.5 Å². The molecule has 96 valence electrons. The fourth-order valence-corrected chi connectivity index (χ4v) is 2.59. The van der Waals surface area contributed by atoms with Crippen molar-refractivity contribution in [2.75, 3.05) is 19.1 Å². The van der Waals surface area contributed by atoms with Gasteiger partial charge in [0.05, 0.1) is 23.4 Å². The second kappa shape index (κ2) is 5.84. The number of methoxy groups -OCH3 is 1. The minimum Gasteiger partial charge on any atom is -0.496 e. The molecule has 17 heavy (non-hydrogen) atoms. The van der Waals surface area contributed by atoms with E-state index in [-0.39, 0.29) is 12.2 Å². The molecule has 0 bridgehead atoms. The van der Waals surface area contributed by atoms with Gasteiger partial charge in [-0.3, -0.25) is 0 Å². The summed E-state index contributed by atoms with van der Waals surface area (Å²) in [6.07, 6.45) is 0.563. The predicted octanol–water partition coefficient (Wildman–Crippen LogP) is 1.93. The Morgan fingerprint density at radius 1 is 1.47 bits per heavy atom. The van der Waals surface area contributed by atoms with Crippen molar-refractivity contribution in [1.29, 1.82) is 0 Å². The van der Waals surface area contributed by atoms with Crippen molar-refractivity contribution < 1.29 is 18.3 Å². The van der Waals surface area contributed by atoms with Crippen LogP contribution in [-0.2, 0) is 9.84 Å². The van der Waals surface area contributed by atoms with E-state index >= 15 is 0 Å². The summed E-state index contributed by atoms with van der Waals surface area (Å²) in [7, 11) is -1.49. The third-order valence-electron chi connectivity index (χ3n) is 2.32. The highest BCUT2D eigenvalue weighted by Gasteiger charge is 2.13. The largest absolute Gasteiger partial charge is 0.496 e. The van der Waals surface area contributed by atoms with E-state index in [0.29, 0.717) is 11.3 Å². The van der Waals surface area contributed by atoms with Crippen LogP contribution < -0.4 is 4.74 Å². The predicted molar refractivity (Wildman–Crippen MR) is 70.0 cm³/mol. The summed E-state index contributed by atoms with van der Waals surface area (Å²) in [5.41, 5.74) is 0.668. The van der Waals surface area contributed by atoms with Gasteiger partial charge in [0.1, 0.15) is 15.6 Å². The van der Waals surface area contributed by atoms with Crippen LogP contribution in [0, 0.1) is 0 Å². The number of ether oxygens (including phenoxy) is 1. The molecule has 1 aromatic rings. The maximum Gasteiger partial charge on any atom is 0.147 e. The normalized spacial score (nSPS) is 13.4. The van der Waals surface area contributed by atoms with E-state index in [2.05, 4.69) is 15.9 Å². The van der Waals surface area contributed by atoms with Crippen LogP contribution in [-0.4, -0.2) is 32.6 Å². The highest BCUT2D eigenvalue weighted by atomic mass is 79.9. The average Bonchev–Trinajstić information content (AvgIpc) is 2.24. The maximum atomic E-state index is 11.0. The Hall–Kier alpha value is -0.590. The van der Waals surface area contributed by atoms with Gasteiger partial charge in [-0.1, -0.05) is 6.07 Å². The van der Waals surface area contributed by atoms with Gasteiger partial charge in [0.15, 0.2) is 0 Å². The quantitative estimate of drug-likeness (QED) is 0.899. The third-order valence-corrected chi connectivity index (χ3v) is 3.92. The summed E-state index contributed by atoms with van der Waals surface area (Å²) in [5.74, 6) is 0.640. The van der Waals surface area contributed by atoms with Gasteiger partial charge in [-0.25, -0.2) is 8.42 Å². The van der Waals surface area contributed by atoms with E-state index in [0.717, 1.165) is 10.7 Å². The molecule has 1 N–H and O–H groups in total. The zero-order chi connectivity index (χ0) is 13.1. The molecule has 0 radical (unpaired) electrons. The van der Waals surface area contributed by atoms with Crippen molar-refractivity contribution in [3.05, 3.63) is 28.2 Å². The van der Waals surface area contributed by atoms with Gasteiger partial charge in [-0.2, -0.15) is 0 Å². The van der Waals surface area contributed by atoms with Crippen LogP contribution in [0.3, 0.4) is 0 Å². The number of halogens is 1. The number of hydrogen-bond acceptors (Lipinski definition) is 4. The Kier molecular flexibility index (Phi) is 4.97. The maximum absolute atomic E-state index is 11.0. The molecule has 0 aliphatic heterocycles. The topological polar surface area (TPSA) is 63.6 Å². The molecule has 4 nitrogen and oxygen atoms in total. The van der Waals surface area contributed by atoms with Gasteiger partial charge < -0.3 is 9.84 Å². The number of aliphatic hydroxyl groups excluding tert-OH is 1. The van der Waals surface area contributed by atoms with Crippen molar-refractivity contribution >= 4 is 25.8 Å². The average molecular weight is 323 g/mol.